The van der Waals surface area contributed by atoms with Crippen molar-refractivity contribution in [2.75, 3.05) is 7.11 Å². The summed E-state index contributed by atoms with van der Waals surface area (Å²) in [5.41, 5.74) is 2.18. The normalized spacial score (nSPS) is 11.0. The van der Waals surface area contributed by atoms with Crippen LogP contribution in [0.1, 0.15) is 5.56 Å². The van der Waals surface area contributed by atoms with Crippen molar-refractivity contribution in [3.8, 4) is 28.9 Å². The highest BCUT2D eigenvalue weighted by molar-refractivity contribution is 5.87. The van der Waals surface area contributed by atoms with Crippen LogP contribution < -0.4 is 4.74 Å². The molecule has 0 bridgehead atoms. The summed E-state index contributed by atoms with van der Waals surface area (Å²) in [5, 5.41) is 4.93. The van der Waals surface area contributed by atoms with Gasteiger partial charge in [-0.3, -0.25) is 4.98 Å². The summed E-state index contributed by atoms with van der Waals surface area (Å²) >= 11 is 0. The molecule has 3 heterocycles. The van der Waals surface area contributed by atoms with E-state index in [4.69, 9.17) is 13.7 Å². The second kappa shape index (κ2) is 5.20. The van der Waals surface area contributed by atoms with E-state index in [9.17, 15) is 0 Å². The summed E-state index contributed by atoms with van der Waals surface area (Å²) < 4.78 is 16.4. The highest BCUT2D eigenvalue weighted by Gasteiger charge is 2.19. The quantitative estimate of drug-likeness (QED) is 0.574. The third kappa shape index (κ3) is 2.22. The molecule has 0 amide bonds. The number of benzene rings is 1. The zero-order valence-corrected chi connectivity index (χ0v) is 12.5. The summed E-state index contributed by atoms with van der Waals surface area (Å²) in [4.78, 5) is 12.5. The second-order valence-corrected chi connectivity index (χ2v) is 4.93. The van der Waals surface area contributed by atoms with Crippen LogP contribution in [-0.2, 0) is 0 Å². The van der Waals surface area contributed by atoms with Crippen LogP contribution in [0.4, 0.5) is 0 Å². The van der Waals surface area contributed by atoms with Crippen molar-refractivity contribution in [2.24, 2.45) is 0 Å². The molecule has 7 nitrogen and oxygen atoms in total. The molecule has 7 heteroatoms. The van der Waals surface area contributed by atoms with Gasteiger partial charge in [0.2, 0.25) is 5.82 Å². The molecule has 0 saturated heterocycles. The Morgan fingerprint density at radius 1 is 1.17 bits per heavy atom. The van der Waals surface area contributed by atoms with Gasteiger partial charge in [0, 0.05) is 23.3 Å². The molecule has 3 aromatic heterocycles. The molecule has 4 aromatic rings. The maximum absolute atomic E-state index is 5.86. The van der Waals surface area contributed by atoms with E-state index in [0.29, 0.717) is 23.2 Å². The average molecular weight is 308 g/mol. The van der Waals surface area contributed by atoms with Crippen molar-refractivity contribution in [3.05, 3.63) is 42.4 Å². The van der Waals surface area contributed by atoms with E-state index in [0.717, 1.165) is 22.3 Å². The van der Waals surface area contributed by atoms with Gasteiger partial charge in [0.1, 0.15) is 17.0 Å². The van der Waals surface area contributed by atoms with Gasteiger partial charge >= 0.3 is 0 Å². The molecule has 23 heavy (non-hydrogen) atoms. The number of ether oxygens (including phenoxy) is 1. The topological polar surface area (TPSA) is 87.1 Å². The van der Waals surface area contributed by atoms with Crippen LogP contribution in [0.5, 0.6) is 5.75 Å². The predicted octanol–water partition coefficient (Wildman–Crippen LogP) is 3.26. The van der Waals surface area contributed by atoms with Gasteiger partial charge in [0.15, 0.2) is 5.76 Å². The minimum absolute atomic E-state index is 0.297. The summed E-state index contributed by atoms with van der Waals surface area (Å²) in [6, 6.07) is 5.62. The first-order chi connectivity index (χ1) is 11.3. The summed E-state index contributed by atoms with van der Waals surface area (Å²) in [7, 11) is 1.63. The molecule has 0 unspecified atom stereocenters. The maximum atomic E-state index is 5.86. The van der Waals surface area contributed by atoms with Crippen LogP contribution in [-0.4, -0.2) is 27.2 Å². The van der Waals surface area contributed by atoms with E-state index in [1.54, 1.807) is 25.7 Å². The lowest BCUT2D eigenvalue weighted by molar-refractivity contribution is 0.415. The zero-order valence-electron chi connectivity index (χ0n) is 12.5. The molecule has 0 aliphatic heterocycles. The summed E-state index contributed by atoms with van der Waals surface area (Å²) in [6.07, 6.45) is 4.71. The van der Waals surface area contributed by atoms with Crippen molar-refractivity contribution >= 4 is 11.0 Å². The van der Waals surface area contributed by atoms with Gasteiger partial charge in [0.25, 0.3) is 5.89 Å². The monoisotopic (exact) mass is 308 g/mol. The Hall–Kier alpha value is -3.22. The fourth-order valence-electron chi connectivity index (χ4n) is 2.37. The molecule has 4 rings (SSSR count). The minimum atomic E-state index is 0.297. The molecule has 0 aliphatic rings. The molecule has 0 saturated carbocycles. The fourth-order valence-corrected chi connectivity index (χ4v) is 2.37. The molecule has 0 radical (unpaired) electrons. The van der Waals surface area contributed by atoms with Crippen LogP contribution in [0.15, 0.2) is 45.7 Å². The van der Waals surface area contributed by atoms with E-state index in [-0.39, 0.29) is 0 Å². The number of hydrogen-bond acceptors (Lipinski definition) is 7. The standard InChI is InChI=1S/C16H12N4O3/c1-9-11-7-10(21-2)3-4-13(11)22-14(9)15-19-16(23-20-15)12-8-17-5-6-18-12/h3-8H,1-2H3. The Balaban J connectivity index is 1.81. The van der Waals surface area contributed by atoms with Gasteiger partial charge in [-0.1, -0.05) is 5.16 Å². The average Bonchev–Trinajstić information content (AvgIpc) is 3.20. The molecule has 0 aliphatic carbocycles. The SMILES string of the molecule is COc1ccc2oc(-c3noc(-c4cnccn4)n3)c(C)c2c1. The molecule has 0 fully saturated rings. The Morgan fingerprint density at radius 2 is 2.09 bits per heavy atom. The van der Waals surface area contributed by atoms with E-state index >= 15 is 0 Å². The minimum Gasteiger partial charge on any atom is -0.497 e. The number of rotatable bonds is 3. The van der Waals surface area contributed by atoms with Gasteiger partial charge in [-0.25, -0.2) is 4.98 Å². The lowest BCUT2D eigenvalue weighted by atomic mass is 10.1. The lowest BCUT2D eigenvalue weighted by Crippen LogP contribution is -1.85. The van der Waals surface area contributed by atoms with Gasteiger partial charge in [-0.05, 0) is 25.1 Å². The van der Waals surface area contributed by atoms with Crippen molar-refractivity contribution < 1.29 is 13.7 Å². The number of hydrogen-bond donors (Lipinski definition) is 0. The number of fused-ring (bicyclic) bond motifs is 1. The third-order valence-corrected chi connectivity index (χ3v) is 3.55. The number of furan rings is 1. The van der Waals surface area contributed by atoms with Crippen molar-refractivity contribution in [1.82, 2.24) is 20.1 Å². The maximum Gasteiger partial charge on any atom is 0.278 e. The van der Waals surface area contributed by atoms with E-state index in [2.05, 4.69) is 20.1 Å². The van der Waals surface area contributed by atoms with Gasteiger partial charge in [0.05, 0.1) is 13.3 Å². The van der Waals surface area contributed by atoms with Gasteiger partial charge in [-0.15, -0.1) is 0 Å². The molecule has 1 aromatic carbocycles. The Kier molecular flexibility index (Phi) is 3.04. The van der Waals surface area contributed by atoms with E-state index in [1.807, 2.05) is 25.1 Å². The Bertz CT molecular complexity index is 976. The van der Waals surface area contributed by atoms with Crippen LogP contribution in [0.2, 0.25) is 0 Å². The van der Waals surface area contributed by atoms with E-state index < -0.39 is 0 Å². The van der Waals surface area contributed by atoms with Crippen molar-refractivity contribution in [1.29, 1.82) is 0 Å². The van der Waals surface area contributed by atoms with Crippen molar-refractivity contribution in [3.63, 3.8) is 0 Å². The second-order valence-electron chi connectivity index (χ2n) is 4.93. The molecule has 0 spiro atoms. The highest BCUT2D eigenvalue weighted by atomic mass is 16.5. The molecule has 114 valence electrons. The molecule has 0 atom stereocenters. The van der Waals surface area contributed by atoms with Crippen LogP contribution in [0, 0.1) is 6.92 Å². The number of aryl methyl sites for hydroxylation is 1. The Morgan fingerprint density at radius 3 is 2.87 bits per heavy atom. The van der Waals surface area contributed by atoms with Gasteiger partial charge < -0.3 is 13.7 Å². The molecular formula is C16H12N4O3. The lowest BCUT2D eigenvalue weighted by Gasteiger charge is -1.97. The van der Waals surface area contributed by atoms with Crippen LogP contribution in [0.3, 0.4) is 0 Å². The smallest absolute Gasteiger partial charge is 0.278 e. The first-order valence-corrected chi connectivity index (χ1v) is 6.94. The number of aromatic nitrogens is 4. The van der Waals surface area contributed by atoms with Gasteiger partial charge in [-0.2, -0.15) is 4.98 Å². The Labute approximate surface area is 130 Å². The van der Waals surface area contributed by atoms with Crippen molar-refractivity contribution in [2.45, 2.75) is 6.92 Å². The fraction of sp³-hybridized carbons (Fsp3) is 0.125. The van der Waals surface area contributed by atoms with Crippen LogP contribution in [0.25, 0.3) is 34.1 Å². The number of methoxy groups -OCH3 is 1. The summed E-state index contributed by atoms with van der Waals surface area (Å²) in [6.45, 7) is 1.94. The first-order valence-electron chi connectivity index (χ1n) is 6.94. The van der Waals surface area contributed by atoms with Crippen LogP contribution >= 0.6 is 0 Å². The molecule has 0 N–H and O–H groups in total. The van der Waals surface area contributed by atoms with E-state index in [1.165, 1.54) is 0 Å². The largest absolute Gasteiger partial charge is 0.497 e. The number of nitrogens with zero attached hydrogens (tertiary/aromatic N) is 4. The highest BCUT2D eigenvalue weighted by Crippen LogP contribution is 2.34. The predicted molar refractivity (Wildman–Crippen MR) is 81.8 cm³/mol. The zero-order chi connectivity index (χ0) is 15.8. The molecular weight excluding hydrogens is 296 g/mol. The first kappa shape index (κ1) is 13.4. The summed E-state index contributed by atoms with van der Waals surface area (Å²) in [5.74, 6) is 2.00. The third-order valence-electron chi connectivity index (χ3n) is 3.55.